The van der Waals surface area contributed by atoms with Crippen molar-refractivity contribution >= 4 is 0 Å². The van der Waals surface area contributed by atoms with Crippen LogP contribution in [0.25, 0.3) is 0 Å². The summed E-state index contributed by atoms with van der Waals surface area (Å²) in [5.41, 5.74) is 0.561. The lowest BCUT2D eigenvalue weighted by atomic mass is 10.1. The van der Waals surface area contributed by atoms with E-state index in [9.17, 15) is 5.11 Å². The Kier molecular flexibility index (Phi) is 3.49. The van der Waals surface area contributed by atoms with E-state index < -0.39 is 6.10 Å². The molecule has 14 heavy (non-hydrogen) atoms. The van der Waals surface area contributed by atoms with Gasteiger partial charge in [-0.1, -0.05) is 12.1 Å². The molecule has 1 rings (SSSR count). The van der Waals surface area contributed by atoms with Crippen LogP contribution in [0.5, 0.6) is 5.75 Å². The smallest absolute Gasteiger partial charge is 0.166 e. The number of hydrogen-bond acceptors (Lipinski definition) is 3. The predicted octanol–water partition coefficient (Wildman–Crippen LogP) is 2.03. The van der Waals surface area contributed by atoms with Gasteiger partial charge in [-0.15, -0.1) is 0 Å². The van der Waals surface area contributed by atoms with E-state index in [1.165, 1.54) is 0 Å². The zero-order valence-electron chi connectivity index (χ0n) is 8.27. The van der Waals surface area contributed by atoms with Gasteiger partial charge in [0.25, 0.3) is 0 Å². The zero-order chi connectivity index (χ0) is 10.6. The summed E-state index contributed by atoms with van der Waals surface area (Å²) in [4.78, 5) is 0. The molecule has 0 bridgehead atoms. The van der Waals surface area contributed by atoms with E-state index in [1.54, 1.807) is 30.3 Å². The first-order chi connectivity index (χ1) is 6.63. The molecule has 0 spiro atoms. The summed E-state index contributed by atoms with van der Waals surface area (Å²) in [6, 6.07) is 8.69. The highest BCUT2D eigenvalue weighted by Gasteiger charge is 2.06. The highest BCUT2D eigenvalue weighted by Crippen LogP contribution is 2.19. The number of aliphatic hydroxyl groups is 1. The average molecular weight is 191 g/mol. The van der Waals surface area contributed by atoms with Gasteiger partial charge >= 0.3 is 0 Å². The standard InChI is InChI=1S/C11H13NO2/c1-8(2)14-10-5-3-4-9(6-10)11(13)7-12/h3-6,8,11,13H,1-2H3. The Morgan fingerprint density at radius 1 is 1.43 bits per heavy atom. The summed E-state index contributed by atoms with van der Waals surface area (Å²) in [6.07, 6.45) is -0.991. The van der Waals surface area contributed by atoms with Gasteiger partial charge in [0, 0.05) is 0 Å². The molecule has 1 N–H and O–H groups in total. The van der Waals surface area contributed by atoms with Crippen molar-refractivity contribution in [3.05, 3.63) is 29.8 Å². The van der Waals surface area contributed by atoms with Crippen LogP contribution >= 0.6 is 0 Å². The number of aliphatic hydroxyl groups excluding tert-OH is 1. The molecule has 0 aliphatic carbocycles. The predicted molar refractivity (Wildman–Crippen MR) is 52.8 cm³/mol. The third kappa shape index (κ3) is 2.75. The molecular weight excluding hydrogens is 178 g/mol. The topological polar surface area (TPSA) is 53.2 Å². The molecule has 3 nitrogen and oxygen atoms in total. The molecule has 0 aliphatic rings. The molecule has 1 atom stereocenters. The van der Waals surface area contributed by atoms with Gasteiger partial charge in [0.1, 0.15) is 5.75 Å². The average Bonchev–Trinajstić information content (AvgIpc) is 2.16. The summed E-state index contributed by atoms with van der Waals surface area (Å²) in [5.74, 6) is 0.673. The van der Waals surface area contributed by atoms with Crippen molar-refractivity contribution in [2.75, 3.05) is 0 Å². The fraction of sp³-hybridized carbons (Fsp3) is 0.364. The van der Waals surface area contributed by atoms with Gasteiger partial charge in [-0.25, -0.2) is 0 Å². The minimum atomic E-state index is -1.08. The highest BCUT2D eigenvalue weighted by molar-refractivity contribution is 5.31. The lowest BCUT2D eigenvalue weighted by Gasteiger charge is -2.11. The monoisotopic (exact) mass is 191 g/mol. The molecule has 0 fully saturated rings. The van der Waals surface area contributed by atoms with Gasteiger partial charge in [-0.3, -0.25) is 0 Å². The van der Waals surface area contributed by atoms with Crippen LogP contribution < -0.4 is 4.74 Å². The van der Waals surface area contributed by atoms with Gasteiger partial charge in [0.05, 0.1) is 12.2 Å². The number of nitrogens with zero attached hydrogens (tertiary/aromatic N) is 1. The van der Waals surface area contributed by atoms with Crippen LogP contribution in [0.2, 0.25) is 0 Å². The van der Waals surface area contributed by atoms with E-state index in [0.717, 1.165) is 0 Å². The number of nitriles is 1. The molecule has 0 amide bonds. The van der Waals surface area contributed by atoms with Gasteiger partial charge in [0.2, 0.25) is 0 Å². The van der Waals surface area contributed by atoms with E-state index >= 15 is 0 Å². The van der Waals surface area contributed by atoms with Crippen molar-refractivity contribution in [2.24, 2.45) is 0 Å². The van der Waals surface area contributed by atoms with E-state index in [-0.39, 0.29) is 6.10 Å². The molecule has 1 aromatic carbocycles. The number of hydrogen-bond donors (Lipinski definition) is 1. The highest BCUT2D eigenvalue weighted by atomic mass is 16.5. The Balaban J connectivity index is 2.85. The molecule has 1 aromatic rings. The van der Waals surface area contributed by atoms with Gasteiger partial charge in [-0.05, 0) is 31.5 Å². The van der Waals surface area contributed by atoms with Crippen LogP contribution in [0.3, 0.4) is 0 Å². The molecule has 0 heterocycles. The summed E-state index contributed by atoms with van der Waals surface area (Å²) in [6.45, 7) is 3.85. The molecule has 0 saturated heterocycles. The van der Waals surface area contributed by atoms with Crippen LogP contribution in [0.1, 0.15) is 25.5 Å². The Bertz CT molecular complexity index is 341. The summed E-state index contributed by atoms with van der Waals surface area (Å²) < 4.78 is 5.43. The molecule has 74 valence electrons. The van der Waals surface area contributed by atoms with Crippen LogP contribution in [0.15, 0.2) is 24.3 Å². The number of ether oxygens (including phenoxy) is 1. The zero-order valence-corrected chi connectivity index (χ0v) is 8.27. The second kappa shape index (κ2) is 4.64. The molecule has 1 unspecified atom stereocenters. The quantitative estimate of drug-likeness (QED) is 0.744. The molecular formula is C11H13NO2. The number of rotatable bonds is 3. The Morgan fingerprint density at radius 2 is 2.14 bits per heavy atom. The maximum atomic E-state index is 9.27. The Morgan fingerprint density at radius 3 is 2.71 bits per heavy atom. The largest absolute Gasteiger partial charge is 0.491 e. The van der Waals surface area contributed by atoms with Crippen LogP contribution in [-0.4, -0.2) is 11.2 Å². The fourth-order valence-corrected chi connectivity index (χ4v) is 1.10. The van der Waals surface area contributed by atoms with Crippen LogP contribution in [-0.2, 0) is 0 Å². The molecule has 0 aliphatic heterocycles. The summed E-state index contributed by atoms with van der Waals surface area (Å²) in [7, 11) is 0. The maximum absolute atomic E-state index is 9.27. The van der Waals surface area contributed by atoms with E-state index in [0.29, 0.717) is 11.3 Å². The molecule has 0 aromatic heterocycles. The first-order valence-corrected chi connectivity index (χ1v) is 4.48. The third-order valence-corrected chi connectivity index (χ3v) is 1.67. The van der Waals surface area contributed by atoms with E-state index in [2.05, 4.69) is 0 Å². The van der Waals surface area contributed by atoms with Crippen molar-refractivity contribution in [1.82, 2.24) is 0 Å². The minimum absolute atomic E-state index is 0.0875. The number of benzene rings is 1. The van der Waals surface area contributed by atoms with Crippen molar-refractivity contribution in [3.63, 3.8) is 0 Å². The summed E-state index contributed by atoms with van der Waals surface area (Å²) in [5, 5.41) is 17.8. The minimum Gasteiger partial charge on any atom is -0.491 e. The Hall–Kier alpha value is -1.53. The second-order valence-corrected chi connectivity index (χ2v) is 3.27. The van der Waals surface area contributed by atoms with Crippen molar-refractivity contribution in [1.29, 1.82) is 5.26 Å². The fourth-order valence-electron chi connectivity index (χ4n) is 1.10. The first kappa shape index (κ1) is 10.6. The van der Waals surface area contributed by atoms with Gasteiger partial charge in [0.15, 0.2) is 6.10 Å². The molecule has 0 saturated carbocycles. The second-order valence-electron chi connectivity index (χ2n) is 3.27. The lowest BCUT2D eigenvalue weighted by Crippen LogP contribution is -2.06. The van der Waals surface area contributed by atoms with Crippen molar-refractivity contribution < 1.29 is 9.84 Å². The van der Waals surface area contributed by atoms with Crippen LogP contribution in [0.4, 0.5) is 0 Å². The van der Waals surface area contributed by atoms with Crippen molar-refractivity contribution in [2.45, 2.75) is 26.1 Å². The Labute approximate surface area is 83.6 Å². The molecule has 0 radical (unpaired) electrons. The molecule has 3 heteroatoms. The normalized spacial score (nSPS) is 12.2. The van der Waals surface area contributed by atoms with Gasteiger partial charge in [-0.2, -0.15) is 5.26 Å². The first-order valence-electron chi connectivity index (χ1n) is 4.48. The van der Waals surface area contributed by atoms with Crippen LogP contribution in [0, 0.1) is 11.3 Å². The van der Waals surface area contributed by atoms with Crippen molar-refractivity contribution in [3.8, 4) is 11.8 Å². The maximum Gasteiger partial charge on any atom is 0.166 e. The third-order valence-electron chi connectivity index (χ3n) is 1.67. The van der Waals surface area contributed by atoms with E-state index in [4.69, 9.17) is 10.00 Å². The summed E-state index contributed by atoms with van der Waals surface area (Å²) >= 11 is 0. The lowest BCUT2D eigenvalue weighted by molar-refractivity contribution is 0.228. The van der Waals surface area contributed by atoms with Gasteiger partial charge < -0.3 is 9.84 Å². The SMILES string of the molecule is CC(C)Oc1cccc(C(O)C#N)c1. The van der Waals surface area contributed by atoms with E-state index in [1.807, 2.05) is 13.8 Å².